The molecule has 0 saturated heterocycles. The molecule has 0 aliphatic heterocycles. The van der Waals surface area contributed by atoms with Gasteiger partial charge in [-0.1, -0.05) is 24.3 Å². The molecule has 0 aliphatic carbocycles. The van der Waals surface area contributed by atoms with Gasteiger partial charge in [0.05, 0.1) is 0 Å². The molecule has 0 fully saturated rings. The third-order valence-electron chi connectivity index (χ3n) is 1.61. The van der Waals surface area contributed by atoms with E-state index in [9.17, 15) is 0 Å². The largest absolute Gasteiger partial charge is 0.453 e. The molecule has 0 aromatic heterocycles. The first-order valence-corrected chi connectivity index (χ1v) is 8.80. The summed E-state index contributed by atoms with van der Waals surface area (Å²) in [5.74, 6) is 0. The maximum absolute atomic E-state index is 5.86. The molecule has 0 atom stereocenters. The van der Waals surface area contributed by atoms with Crippen molar-refractivity contribution in [3.05, 3.63) is 29.8 Å². The van der Waals surface area contributed by atoms with E-state index in [1.54, 1.807) is 0 Å². The van der Waals surface area contributed by atoms with E-state index < -0.39 is 8.32 Å². The molecule has 3 heteroatoms. The Hall–Kier alpha value is -0.386. The second-order valence-electron chi connectivity index (χ2n) is 4.13. The van der Waals surface area contributed by atoms with Gasteiger partial charge in [-0.2, -0.15) is 0 Å². The molecular formula is C10H16OSi2. The summed E-state index contributed by atoms with van der Waals surface area (Å²) in [6, 6.07) is 8.42. The van der Waals surface area contributed by atoms with E-state index in [0.717, 1.165) is 0 Å². The van der Waals surface area contributed by atoms with Gasteiger partial charge in [-0.05, 0) is 37.3 Å². The smallest absolute Gasteiger partial charge is 0.257 e. The van der Waals surface area contributed by atoms with Crippen LogP contribution in [0.5, 0.6) is 0 Å². The summed E-state index contributed by atoms with van der Waals surface area (Å²) in [6.45, 7) is 8.80. The van der Waals surface area contributed by atoms with Crippen molar-refractivity contribution < 1.29 is 4.12 Å². The zero-order chi connectivity index (χ0) is 9.90. The van der Waals surface area contributed by atoms with Gasteiger partial charge < -0.3 is 4.12 Å². The number of benzene rings is 1. The zero-order valence-electron chi connectivity index (χ0n) is 8.72. The molecule has 0 heterocycles. The molecule has 0 bridgehead atoms. The van der Waals surface area contributed by atoms with E-state index in [4.69, 9.17) is 4.12 Å². The summed E-state index contributed by atoms with van der Waals surface area (Å²) in [7, 11) is -0.834. The maximum atomic E-state index is 5.86. The van der Waals surface area contributed by atoms with Crippen molar-refractivity contribution in [1.29, 1.82) is 0 Å². The van der Waals surface area contributed by atoms with Crippen molar-refractivity contribution >= 4 is 23.3 Å². The lowest BCUT2D eigenvalue weighted by Crippen LogP contribution is -2.33. The molecule has 0 amide bonds. The molecule has 1 rings (SSSR count). The predicted molar refractivity (Wildman–Crippen MR) is 61.0 cm³/mol. The van der Waals surface area contributed by atoms with Gasteiger partial charge in [0.15, 0.2) is 8.32 Å². The second-order valence-corrected chi connectivity index (χ2v) is 9.92. The highest BCUT2D eigenvalue weighted by Gasteiger charge is 2.14. The van der Waals surface area contributed by atoms with Crippen LogP contribution >= 0.6 is 0 Å². The SMILES string of the molecule is Cc1ccccc1[Si]O[Si](C)(C)C. The molecule has 0 N–H and O–H groups in total. The van der Waals surface area contributed by atoms with E-state index in [0.29, 0.717) is 9.76 Å². The van der Waals surface area contributed by atoms with Gasteiger partial charge in [0.1, 0.15) is 0 Å². The Labute approximate surface area is 84.2 Å². The second kappa shape index (κ2) is 4.22. The van der Waals surface area contributed by atoms with Crippen LogP contribution in [0.2, 0.25) is 19.6 Å². The fourth-order valence-corrected chi connectivity index (χ4v) is 2.97. The van der Waals surface area contributed by atoms with Crippen molar-refractivity contribution in [1.82, 2.24) is 0 Å². The van der Waals surface area contributed by atoms with Crippen molar-refractivity contribution in [2.75, 3.05) is 0 Å². The molecule has 1 nitrogen and oxygen atoms in total. The standard InChI is InChI=1S/C10H16OSi2/c1-9-7-5-6-8-10(9)12-11-13(2,3)4/h5-8H,1-4H3. The fraction of sp³-hybridized carbons (Fsp3) is 0.400. The van der Waals surface area contributed by atoms with Crippen LogP contribution in [0.4, 0.5) is 0 Å². The summed E-state index contributed by atoms with van der Waals surface area (Å²) >= 11 is 0. The van der Waals surface area contributed by atoms with Gasteiger partial charge in [0.25, 0.3) is 9.76 Å². The van der Waals surface area contributed by atoms with Crippen LogP contribution in [0.1, 0.15) is 5.56 Å². The Kier molecular flexibility index (Phi) is 3.47. The molecular weight excluding hydrogens is 192 g/mol. The van der Waals surface area contributed by atoms with E-state index in [1.165, 1.54) is 10.8 Å². The highest BCUT2D eigenvalue weighted by Crippen LogP contribution is 2.01. The molecule has 13 heavy (non-hydrogen) atoms. The monoisotopic (exact) mass is 208 g/mol. The summed E-state index contributed by atoms with van der Waals surface area (Å²) in [5, 5.41) is 1.34. The van der Waals surface area contributed by atoms with Gasteiger partial charge in [-0.3, -0.25) is 0 Å². The van der Waals surface area contributed by atoms with E-state index >= 15 is 0 Å². The third kappa shape index (κ3) is 3.89. The molecule has 0 unspecified atom stereocenters. The number of hydrogen-bond acceptors (Lipinski definition) is 1. The molecule has 1 aromatic rings. The van der Waals surface area contributed by atoms with E-state index in [2.05, 4.69) is 50.8 Å². The Morgan fingerprint density at radius 1 is 1.15 bits per heavy atom. The van der Waals surface area contributed by atoms with Crippen LogP contribution in [0.25, 0.3) is 0 Å². The molecule has 0 saturated carbocycles. The van der Waals surface area contributed by atoms with E-state index in [-0.39, 0.29) is 0 Å². The lowest BCUT2D eigenvalue weighted by Gasteiger charge is -2.17. The summed E-state index contributed by atoms with van der Waals surface area (Å²) in [4.78, 5) is 0. The third-order valence-corrected chi connectivity index (χ3v) is 5.25. The highest BCUT2D eigenvalue weighted by molar-refractivity contribution is 6.75. The quantitative estimate of drug-likeness (QED) is 0.691. The Bertz CT molecular complexity index is 278. The summed E-state index contributed by atoms with van der Waals surface area (Å²) in [5.41, 5.74) is 1.33. The van der Waals surface area contributed by atoms with Crippen molar-refractivity contribution in [2.24, 2.45) is 0 Å². The maximum Gasteiger partial charge on any atom is 0.257 e. The lowest BCUT2D eigenvalue weighted by atomic mass is 10.2. The first-order valence-electron chi connectivity index (χ1n) is 4.49. The molecule has 0 spiro atoms. The Balaban J connectivity index is 2.60. The highest BCUT2D eigenvalue weighted by atomic mass is 28.4. The Morgan fingerprint density at radius 2 is 1.77 bits per heavy atom. The average molecular weight is 208 g/mol. The van der Waals surface area contributed by atoms with Crippen LogP contribution in [-0.4, -0.2) is 18.1 Å². The Morgan fingerprint density at radius 3 is 2.31 bits per heavy atom. The van der Waals surface area contributed by atoms with Gasteiger partial charge >= 0.3 is 0 Å². The molecule has 1 aromatic carbocycles. The van der Waals surface area contributed by atoms with E-state index in [1.807, 2.05) is 0 Å². The minimum atomic E-state index is -1.35. The first kappa shape index (κ1) is 10.7. The zero-order valence-corrected chi connectivity index (χ0v) is 10.7. The predicted octanol–water partition coefficient (Wildman–Crippen LogP) is 2.09. The normalized spacial score (nSPS) is 11.7. The van der Waals surface area contributed by atoms with Crippen molar-refractivity contribution in [2.45, 2.75) is 26.6 Å². The number of aryl methyl sites for hydroxylation is 1. The van der Waals surface area contributed by atoms with Crippen LogP contribution in [0, 0.1) is 6.92 Å². The number of rotatable bonds is 3. The minimum absolute atomic E-state index is 0.516. The van der Waals surface area contributed by atoms with Crippen LogP contribution in [-0.2, 0) is 4.12 Å². The topological polar surface area (TPSA) is 9.23 Å². The summed E-state index contributed by atoms with van der Waals surface area (Å²) in [6.07, 6.45) is 0. The fourth-order valence-electron chi connectivity index (χ4n) is 0.895. The average Bonchev–Trinajstić information content (AvgIpc) is 2.01. The van der Waals surface area contributed by atoms with Crippen LogP contribution in [0.3, 0.4) is 0 Å². The molecule has 70 valence electrons. The van der Waals surface area contributed by atoms with Gasteiger partial charge in [0.2, 0.25) is 0 Å². The van der Waals surface area contributed by atoms with Gasteiger partial charge in [-0.25, -0.2) is 0 Å². The molecule has 0 aliphatic rings. The molecule has 2 radical (unpaired) electrons. The van der Waals surface area contributed by atoms with Crippen LogP contribution < -0.4 is 5.19 Å². The van der Waals surface area contributed by atoms with Gasteiger partial charge in [0, 0.05) is 0 Å². The number of hydrogen-bond donors (Lipinski definition) is 0. The van der Waals surface area contributed by atoms with Crippen molar-refractivity contribution in [3.8, 4) is 0 Å². The van der Waals surface area contributed by atoms with Gasteiger partial charge in [-0.15, -0.1) is 0 Å². The van der Waals surface area contributed by atoms with Crippen molar-refractivity contribution in [3.63, 3.8) is 0 Å². The lowest BCUT2D eigenvalue weighted by molar-refractivity contribution is 0.608. The van der Waals surface area contributed by atoms with Crippen LogP contribution in [0.15, 0.2) is 24.3 Å². The summed E-state index contributed by atoms with van der Waals surface area (Å²) < 4.78 is 5.86. The minimum Gasteiger partial charge on any atom is -0.453 e. The first-order chi connectivity index (χ1) is 5.99.